The summed E-state index contributed by atoms with van der Waals surface area (Å²) in [6.45, 7) is 1.68. The van der Waals surface area contributed by atoms with Crippen LogP contribution in [0.1, 0.15) is 21.5 Å². The van der Waals surface area contributed by atoms with E-state index in [-0.39, 0.29) is 6.61 Å². The highest BCUT2D eigenvalue weighted by atomic mass is 35.5. The van der Waals surface area contributed by atoms with Crippen molar-refractivity contribution in [2.75, 3.05) is 13.7 Å². The van der Waals surface area contributed by atoms with Gasteiger partial charge in [0.1, 0.15) is 5.75 Å². The molecule has 0 aliphatic heterocycles. The molecule has 6 nitrogen and oxygen atoms in total. The highest BCUT2D eigenvalue weighted by Gasteiger charge is 2.05. The molecule has 130 valence electrons. The first kappa shape index (κ1) is 18.5. The molecule has 0 saturated carbocycles. The summed E-state index contributed by atoms with van der Waals surface area (Å²) >= 11 is 5.86. The Balaban J connectivity index is 1.83. The van der Waals surface area contributed by atoms with Gasteiger partial charge in [0.2, 0.25) is 0 Å². The molecule has 0 spiro atoms. The number of carbonyl (C=O) groups is 2. The van der Waals surface area contributed by atoms with E-state index in [0.29, 0.717) is 16.3 Å². The number of hydrogen-bond acceptors (Lipinski definition) is 5. The fourth-order valence-corrected chi connectivity index (χ4v) is 2.18. The Hall–Kier alpha value is -2.86. The Morgan fingerprint density at radius 3 is 2.56 bits per heavy atom. The Kier molecular flexibility index (Phi) is 6.54. The SMILES string of the molecule is COC(=O)c1ccc(/C=N/NC(=O)COc2ccc(Cl)cc2C)cc1. The number of ether oxygens (including phenoxy) is 2. The molecular weight excluding hydrogens is 344 g/mol. The highest BCUT2D eigenvalue weighted by Crippen LogP contribution is 2.21. The first-order chi connectivity index (χ1) is 12.0. The van der Waals surface area contributed by atoms with E-state index in [1.165, 1.54) is 13.3 Å². The summed E-state index contributed by atoms with van der Waals surface area (Å²) in [6.07, 6.45) is 1.46. The molecule has 0 unspecified atom stereocenters. The average molecular weight is 361 g/mol. The smallest absolute Gasteiger partial charge is 0.337 e. The molecule has 0 aromatic heterocycles. The maximum atomic E-state index is 11.7. The number of nitrogens with zero attached hydrogens (tertiary/aromatic N) is 1. The fraction of sp³-hybridized carbons (Fsp3) is 0.167. The zero-order chi connectivity index (χ0) is 18.2. The number of amides is 1. The van der Waals surface area contributed by atoms with Gasteiger partial charge in [-0.3, -0.25) is 4.79 Å². The van der Waals surface area contributed by atoms with Crippen LogP contribution < -0.4 is 10.2 Å². The van der Waals surface area contributed by atoms with E-state index in [2.05, 4.69) is 15.3 Å². The van der Waals surface area contributed by atoms with Crippen molar-refractivity contribution in [3.8, 4) is 5.75 Å². The van der Waals surface area contributed by atoms with Gasteiger partial charge in [-0.2, -0.15) is 5.10 Å². The first-order valence-corrected chi connectivity index (χ1v) is 7.76. The van der Waals surface area contributed by atoms with Gasteiger partial charge in [0, 0.05) is 5.02 Å². The lowest BCUT2D eigenvalue weighted by molar-refractivity contribution is -0.123. The minimum Gasteiger partial charge on any atom is -0.483 e. The zero-order valence-corrected chi connectivity index (χ0v) is 14.5. The van der Waals surface area contributed by atoms with Crippen molar-refractivity contribution < 1.29 is 19.1 Å². The summed E-state index contributed by atoms with van der Waals surface area (Å²) in [7, 11) is 1.32. The van der Waals surface area contributed by atoms with E-state index in [4.69, 9.17) is 16.3 Å². The summed E-state index contributed by atoms with van der Waals surface area (Å²) in [5.41, 5.74) is 4.38. The van der Waals surface area contributed by atoms with E-state index in [0.717, 1.165) is 11.1 Å². The number of methoxy groups -OCH3 is 1. The Morgan fingerprint density at radius 2 is 1.92 bits per heavy atom. The second kappa shape index (κ2) is 8.84. The quantitative estimate of drug-likeness (QED) is 0.488. The van der Waals surface area contributed by atoms with Crippen molar-refractivity contribution in [3.63, 3.8) is 0 Å². The summed E-state index contributed by atoms with van der Waals surface area (Å²) in [4.78, 5) is 23.1. The maximum absolute atomic E-state index is 11.7. The van der Waals surface area contributed by atoms with Crippen LogP contribution in [0.25, 0.3) is 0 Å². The third-order valence-corrected chi connectivity index (χ3v) is 3.47. The van der Waals surface area contributed by atoms with Crippen LogP contribution in [0, 0.1) is 6.92 Å². The number of halogens is 1. The van der Waals surface area contributed by atoms with Gasteiger partial charge in [-0.25, -0.2) is 10.2 Å². The first-order valence-electron chi connectivity index (χ1n) is 7.39. The molecule has 0 atom stereocenters. The standard InChI is InChI=1S/C18H17ClN2O4/c1-12-9-15(19)7-8-16(12)25-11-17(22)21-20-10-13-3-5-14(6-4-13)18(23)24-2/h3-10H,11H2,1-2H3,(H,21,22)/b20-10+. The van der Waals surface area contributed by atoms with Crippen molar-refractivity contribution in [3.05, 3.63) is 64.2 Å². The molecule has 0 aliphatic rings. The number of aryl methyl sites for hydroxylation is 1. The molecule has 0 saturated heterocycles. The van der Waals surface area contributed by atoms with E-state index in [1.807, 2.05) is 6.92 Å². The molecule has 0 aliphatic carbocycles. The van der Waals surface area contributed by atoms with Crippen LogP contribution in [0.3, 0.4) is 0 Å². The number of hydrogen-bond donors (Lipinski definition) is 1. The largest absolute Gasteiger partial charge is 0.483 e. The lowest BCUT2D eigenvalue weighted by Gasteiger charge is -2.08. The summed E-state index contributed by atoms with van der Waals surface area (Å²) < 4.78 is 10.0. The molecule has 0 radical (unpaired) electrons. The second-order valence-electron chi connectivity index (χ2n) is 5.11. The van der Waals surface area contributed by atoms with Crippen LogP contribution in [-0.4, -0.2) is 31.8 Å². The van der Waals surface area contributed by atoms with Crippen molar-refractivity contribution in [2.45, 2.75) is 6.92 Å². The normalized spacial score (nSPS) is 10.5. The molecule has 0 heterocycles. The van der Waals surface area contributed by atoms with E-state index >= 15 is 0 Å². The molecule has 0 fully saturated rings. The Labute approximate surface area is 150 Å². The number of rotatable bonds is 6. The van der Waals surface area contributed by atoms with Gasteiger partial charge in [-0.15, -0.1) is 0 Å². The monoisotopic (exact) mass is 360 g/mol. The third kappa shape index (κ3) is 5.61. The molecule has 25 heavy (non-hydrogen) atoms. The molecule has 2 aromatic rings. The summed E-state index contributed by atoms with van der Waals surface area (Å²) in [6, 6.07) is 11.8. The molecule has 0 bridgehead atoms. The van der Waals surface area contributed by atoms with Crippen LogP contribution in [0.5, 0.6) is 5.75 Å². The minimum absolute atomic E-state index is 0.166. The predicted molar refractivity (Wildman–Crippen MR) is 95.2 cm³/mol. The van der Waals surface area contributed by atoms with Gasteiger partial charge in [-0.05, 0) is 48.4 Å². The number of hydrazone groups is 1. The Morgan fingerprint density at radius 1 is 1.20 bits per heavy atom. The summed E-state index contributed by atoms with van der Waals surface area (Å²) in [5, 5.41) is 4.45. The highest BCUT2D eigenvalue weighted by molar-refractivity contribution is 6.30. The fourth-order valence-electron chi connectivity index (χ4n) is 1.95. The predicted octanol–water partition coefficient (Wildman–Crippen LogP) is 2.96. The third-order valence-electron chi connectivity index (χ3n) is 3.23. The molecule has 7 heteroatoms. The number of carbonyl (C=O) groups excluding carboxylic acids is 2. The minimum atomic E-state index is -0.411. The second-order valence-corrected chi connectivity index (χ2v) is 5.54. The zero-order valence-electron chi connectivity index (χ0n) is 13.8. The van der Waals surface area contributed by atoms with Crippen molar-refractivity contribution >= 4 is 29.7 Å². The van der Waals surface area contributed by atoms with Crippen LogP contribution in [0.2, 0.25) is 5.02 Å². The number of esters is 1. The van der Waals surface area contributed by atoms with Gasteiger partial charge in [-0.1, -0.05) is 23.7 Å². The lowest BCUT2D eigenvalue weighted by Crippen LogP contribution is -2.24. The van der Waals surface area contributed by atoms with Gasteiger partial charge in [0.05, 0.1) is 18.9 Å². The average Bonchev–Trinajstić information content (AvgIpc) is 2.61. The van der Waals surface area contributed by atoms with Crippen LogP contribution >= 0.6 is 11.6 Å². The molecule has 2 rings (SSSR count). The van der Waals surface area contributed by atoms with E-state index < -0.39 is 11.9 Å². The lowest BCUT2D eigenvalue weighted by atomic mass is 10.1. The summed E-state index contributed by atoms with van der Waals surface area (Å²) in [5.74, 6) is -0.217. The van der Waals surface area contributed by atoms with Gasteiger partial charge >= 0.3 is 5.97 Å². The van der Waals surface area contributed by atoms with E-state index in [9.17, 15) is 9.59 Å². The van der Waals surface area contributed by atoms with Crippen LogP contribution in [0.15, 0.2) is 47.6 Å². The maximum Gasteiger partial charge on any atom is 0.337 e. The van der Waals surface area contributed by atoms with Crippen molar-refractivity contribution in [1.82, 2.24) is 5.43 Å². The molecule has 2 aromatic carbocycles. The number of benzene rings is 2. The van der Waals surface area contributed by atoms with Crippen LogP contribution in [0.4, 0.5) is 0 Å². The Bertz CT molecular complexity index is 788. The van der Waals surface area contributed by atoms with Crippen LogP contribution in [-0.2, 0) is 9.53 Å². The molecule has 1 amide bonds. The van der Waals surface area contributed by atoms with Crippen molar-refractivity contribution in [1.29, 1.82) is 0 Å². The number of nitrogens with one attached hydrogen (secondary N) is 1. The van der Waals surface area contributed by atoms with Gasteiger partial charge in [0.15, 0.2) is 6.61 Å². The molecular formula is C18H17ClN2O4. The molecule has 1 N–H and O–H groups in total. The topological polar surface area (TPSA) is 77.0 Å². The van der Waals surface area contributed by atoms with Crippen molar-refractivity contribution in [2.24, 2.45) is 5.10 Å². The van der Waals surface area contributed by atoms with E-state index in [1.54, 1.807) is 42.5 Å². The van der Waals surface area contributed by atoms with Gasteiger partial charge in [0.25, 0.3) is 5.91 Å². The van der Waals surface area contributed by atoms with Gasteiger partial charge < -0.3 is 9.47 Å².